The van der Waals surface area contributed by atoms with E-state index in [4.69, 9.17) is 0 Å². The molecule has 3 heterocycles. The molecule has 8 nitrogen and oxygen atoms in total. The third-order valence-electron chi connectivity index (χ3n) is 6.37. The van der Waals surface area contributed by atoms with Gasteiger partial charge in [-0.15, -0.1) is 0 Å². The molecule has 1 fully saturated rings. The monoisotopic (exact) mass is 456 g/mol. The van der Waals surface area contributed by atoms with Gasteiger partial charge in [0.2, 0.25) is 21.8 Å². The summed E-state index contributed by atoms with van der Waals surface area (Å²) in [5.74, 6) is -0.296. The van der Waals surface area contributed by atoms with Crippen molar-refractivity contribution in [3.8, 4) is 0 Å². The zero-order valence-electron chi connectivity index (χ0n) is 18.8. The Balaban J connectivity index is 1.55. The van der Waals surface area contributed by atoms with Crippen molar-refractivity contribution in [3.05, 3.63) is 47.7 Å². The number of amides is 2. The number of nitrogens with zero attached hydrogens (tertiary/aromatic N) is 3. The van der Waals surface area contributed by atoms with Crippen molar-refractivity contribution in [1.82, 2.24) is 9.29 Å². The Morgan fingerprint density at radius 2 is 1.97 bits per heavy atom. The molecule has 1 saturated heterocycles. The molecule has 1 N–H and O–H groups in total. The summed E-state index contributed by atoms with van der Waals surface area (Å²) in [4.78, 5) is 31.3. The van der Waals surface area contributed by atoms with Crippen LogP contribution < -0.4 is 10.2 Å². The number of nitrogens with one attached hydrogen (secondary N) is 1. The van der Waals surface area contributed by atoms with Crippen LogP contribution in [-0.4, -0.2) is 49.7 Å². The molecule has 2 aromatic rings. The summed E-state index contributed by atoms with van der Waals surface area (Å²) in [6, 6.07) is 10.2. The second kappa shape index (κ2) is 7.97. The highest BCUT2D eigenvalue weighted by molar-refractivity contribution is 7.89. The molecule has 0 aliphatic carbocycles. The Morgan fingerprint density at radius 3 is 2.69 bits per heavy atom. The Kier molecular flexibility index (Phi) is 5.58. The van der Waals surface area contributed by atoms with E-state index in [1.54, 1.807) is 50.1 Å². The molecule has 1 aromatic heterocycles. The van der Waals surface area contributed by atoms with Crippen molar-refractivity contribution in [2.75, 3.05) is 30.4 Å². The van der Waals surface area contributed by atoms with Crippen molar-refractivity contribution in [3.63, 3.8) is 0 Å². The third kappa shape index (κ3) is 3.80. The maximum atomic E-state index is 13.4. The zero-order valence-corrected chi connectivity index (χ0v) is 19.6. The van der Waals surface area contributed by atoms with E-state index in [2.05, 4.69) is 10.3 Å². The number of hydrogen-bond donors (Lipinski definition) is 1. The number of rotatable bonds is 4. The van der Waals surface area contributed by atoms with E-state index < -0.39 is 21.4 Å². The minimum Gasteiger partial charge on any atom is -0.314 e. The topological polar surface area (TPSA) is 99.7 Å². The molecule has 4 rings (SSSR count). The molecule has 0 spiro atoms. The predicted octanol–water partition coefficient (Wildman–Crippen LogP) is 2.68. The Hall–Kier alpha value is -2.78. The summed E-state index contributed by atoms with van der Waals surface area (Å²) >= 11 is 0. The highest BCUT2D eigenvalue weighted by Crippen LogP contribution is 2.42. The number of likely N-dealkylation sites (N-methyl/N-ethyl adjacent to an activating group) is 1. The molecular weight excluding hydrogens is 428 g/mol. The van der Waals surface area contributed by atoms with Gasteiger partial charge in [-0.25, -0.2) is 13.4 Å². The van der Waals surface area contributed by atoms with Gasteiger partial charge < -0.3 is 10.2 Å². The lowest BCUT2D eigenvalue weighted by Crippen LogP contribution is -2.43. The lowest BCUT2D eigenvalue weighted by molar-refractivity contribution is -0.122. The van der Waals surface area contributed by atoms with Crippen LogP contribution in [0.3, 0.4) is 0 Å². The molecule has 0 bridgehead atoms. The first-order chi connectivity index (χ1) is 15.0. The molecule has 0 radical (unpaired) electrons. The summed E-state index contributed by atoms with van der Waals surface area (Å²) in [5, 5.41) is 2.80. The number of sulfonamides is 1. The number of carbonyl (C=O) groups is 2. The van der Waals surface area contributed by atoms with Crippen molar-refractivity contribution in [2.24, 2.45) is 5.92 Å². The predicted molar refractivity (Wildman–Crippen MR) is 122 cm³/mol. The third-order valence-corrected chi connectivity index (χ3v) is 8.24. The molecule has 0 saturated carbocycles. The summed E-state index contributed by atoms with van der Waals surface area (Å²) in [6.07, 6.45) is 1.20. The van der Waals surface area contributed by atoms with Crippen LogP contribution in [0.1, 0.15) is 37.9 Å². The summed E-state index contributed by atoms with van der Waals surface area (Å²) in [6.45, 7) is 5.91. The van der Waals surface area contributed by atoms with Gasteiger partial charge in [0.15, 0.2) is 0 Å². The van der Waals surface area contributed by atoms with E-state index in [1.165, 1.54) is 4.31 Å². The van der Waals surface area contributed by atoms with Crippen LogP contribution in [-0.2, 0) is 25.0 Å². The van der Waals surface area contributed by atoms with Gasteiger partial charge in [0.25, 0.3) is 0 Å². The fraction of sp³-hybridized carbons (Fsp3) is 0.435. The molecule has 2 aliphatic rings. The van der Waals surface area contributed by atoms with Gasteiger partial charge in [0, 0.05) is 31.5 Å². The number of benzene rings is 1. The van der Waals surface area contributed by atoms with Crippen molar-refractivity contribution >= 4 is 33.3 Å². The van der Waals surface area contributed by atoms with Gasteiger partial charge in [0.1, 0.15) is 5.82 Å². The maximum Gasteiger partial charge on any atom is 0.243 e. The quantitative estimate of drug-likeness (QED) is 0.763. The van der Waals surface area contributed by atoms with E-state index in [9.17, 15) is 18.0 Å². The van der Waals surface area contributed by atoms with E-state index in [0.29, 0.717) is 30.8 Å². The number of hydrogen-bond acceptors (Lipinski definition) is 5. The number of fused-ring (bicyclic) bond motifs is 1. The van der Waals surface area contributed by atoms with Crippen LogP contribution in [0.15, 0.2) is 41.3 Å². The van der Waals surface area contributed by atoms with Crippen molar-refractivity contribution in [2.45, 2.75) is 43.9 Å². The molecule has 32 heavy (non-hydrogen) atoms. The smallest absolute Gasteiger partial charge is 0.243 e. The van der Waals surface area contributed by atoms with Gasteiger partial charge >= 0.3 is 0 Å². The molecular formula is C23H28N4O4S. The summed E-state index contributed by atoms with van der Waals surface area (Å²) in [5.41, 5.74) is 1.42. The van der Waals surface area contributed by atoms with Crippen LogP contribution in [0.4, 0.5) is 11.5 Å². The average Bonchev–Trinajstić information content (AvgIpc) is 2.94. The fourth-order valence-electron chi connectivity index (χ4n) is 4.48. The number of anilines is 2. The Bertz CT molecular complexity index is 1190. The number of carbonyl (C=O) groups excluding carboxylic acids is 2. The molecule has 2 aliphatic heterocycles. The molecule has 9 heteroatoms. The van der Waals surface area contributed by atoms with E-state index in [-0.39, 0.29) is 23.3 Å². The number of pyridine rings is 1. The molecule has 2 amide bonds. The highest BCUT2D eigenvalue weighted by Gasteiger charge is 2.43. The molecule has 1 aromatic carbocycles. The Labute approximate surface area is 188 Å². The van der Waals surface area contributed by atoms with Gasteiger partial charge in [-0.05, 0) is 69.5 Å². The fourth-order valence-corrected chi connectivity index (χ4v) is 6.03. The van der Waals surface area contributed by atoms with E-state index >= 15 is 0 Å². The minimum absolute atomic E-state index is 0.0680. The van der Waals surface area contributed by atoms with Crippen LogP contribution in [0.2, 0.25) is 0 Å². The van der Waals surface area contributed by atoms with Gasteiger partial charge in [-0.3, -0.25) is 9.59 Å². The summed E-state index contributed by atoms with van der Waals surface area (Å²) < 4.78 is 28.2. The molecule has 170 valence electrons. The number of aromatic nitrogens is 1. The highest BCUT2D eigenvalue weighted by atomic mass is 32.2. The van der Waals surface area contributed by atoms with Crippen LogP contribution in [0.5, 0.6) is 0 Å². The zero-order chi connectivity index (χ0) is 23.3. The number of piperidine rings is 1. The SMILES string of the molecule is Cc1cccc(NC(=O)[C@@H]2CCCN(S(=O)(=O)c3ccc4c(c3)C(C)(C)C(=O)N4C)C2)n1. The maximum absolute atomic E-state index is 13.4. The number of aryl methyl sites for hydroxylation is 1. The molecule has 1 atom stereocenters. The first-order valence-electron chi connectivity index (χ1n) is 10.7. The average molecular weight is 457 g/mol. The van der Waals surface area contributed by atoms with Crippen LogP contribution in [0, 0.1) is 12.8 Å². The first kappa shape index (κ1) is 22.4. The lowest BCUT2D eigenvalue weighted by atomic mass is 9.86. The second-order valence-electron chi connectivity index (χ2n) is 9.02. The summed E-state index contributed by atoms with van der Waals surface area (Å²) in [7, 11) is -2.11. The second-order valence-corrected chi connectivity index (χ2v) is 11.0. The minimum atomic E-state index is -3.81. The van der Waals surface area contributed by atoms with E-state index in [1.807, 2.05) is 19.1 Å². The largest absolute Gasteiger partial charge is 0.314 e. The van der Waals surface area contributed by atoms with Crippen LogP contribution >= 0.6 is 0 Å². The van der Waals surface area contributed by atoms with Gasteiger partial charge in [-0.1, -0.05) is 6.07 Å². The first-order valence-corrected chi connectivity index (χ1v) is 12.1. The van der Waals surface area contributed by atoms with Crippen molar-refractivity contribution in [1.29, 1.82) is 0 Å². The lowest BCUT2D eigenvalue weighted by Gasteiger charge is -2.31. The normalized spacial score (nSPS) is 20.8. The van der Waals surface area contributed by atoms with Crippen LogP contribution in [0.25, 0.3) is 0 Å². The Morgan fingerprint density at radius 1 is 1.22 bits per heavy atom. The van der Waals surface area contributed by atoms with Gasteiger partial charge in [0.05, 0.1) is 16.2 Å². The van der Waals surface area contributed by atoms with Gasteiger partial charge in [-0.2, -0.15) is 4.31 Å². The van der Waals surface area contributed by atoms with E-state index in [0.717, 1.165) is 11.4 Å². The van der Waals surface area contributed by atoms with Crippen molar-refractivity contribution < 1.29 is 18.0 Å². The molecule has 0 unspecified atom stereocenters. The standard InChI is InChI=1S/C23H28N4O4S/c1-15-7-5-9-20(24-15)25-21(28)16-8-6-12-27(14-16)32(30,31)17-10-11-19-18(13-17)23(2,3)22(29)26(19)4/h5,7,9-11,13,16H,6,8,12,14H2,1-4H3,(H,24,25,28)/t16-/m1/s1.